The summed E-state index contributed by atoms with van der Waals surface area (Å²) in [4.78, 5) is 12.0. The van der Waals surface area contributed by atoms with Crippen molar-refractivity contribution in [3.8, 4) is 0 Å². The molecule has 102 valence electrons. The van der Waals surface area contributed by atoms with E-state index in [-0.39, 0.29) is 11.6 Å². The summed E-state index contributed by atoms with van der Waals surface area (Å²) >= 11 is 11.8. The number of rotatable bonds is 2. The van der Waals surface area contributed by atoms with Crippen LogP contribution in [-0.4, -0.2) is 5.91 Å². The molecule has 1 aliphatic heterocycles. The lowest BCUT2D eigenvalue weighted by molar-refractivity contribution is -0.116. The Morgan fingerprint density at radius 1 is 1.10 bits per heavy atom. The fraction of sp³-hybridized carbons (Fsp3) is 0.0714. The second kappa shape index (κ2) is 4.96. The van der Waals surface area contributed by atoms with E-state index >= 15 is 0 Å². The average Bonchev–Trinajstić information content (AvgIpc) is 2.70. The Labute approximate surface area is 124 Å². The quantitative estimate of drug-likeness (QED) is 0.871. The fourth-order valence-electron chi connectivity index (χ4n) is 2.14. The highest BCUT2D eigenvalue weighted by atomic mass is 35.5. The summed E-state index contributed by atoms with van der Waals surface area (Å²) in [5.41, 5.74) is 1.52. The van der Waals surface area contributed by atoms with E-state index in [1.54, 1.807) is 18.2 Å². The normalized spacial score (nSPS) is 16.8. The maximum atomic E-state index is 13.7. The minimum atomic E-state index is -0.698. The van der Waals surface area contributed by atoms with Crippen LogP contribution >= 0.6 is 23.2 Å². The summed E-state index contributed by atoms with van der Waals surface area (Å²) in [7, 11) is 0. The van der Waals surface area contributed by atoms with Gasteiger partial charge in [0.2, 0.25) is 0 Å². The number of benzene rings is 2. The molecule has 0 saturated carbocycles. The first kappa shape index (κ1) is 13.2. The van der Waals surface area contributed by atoms with Gasteiger partial charge in [0.1, 0.15) is 11.9 Å². The van der Waals surface area contributed by atoms with Gasteiger partial charge in [-0.15, -0.1) is 0 Å². The number of hydrogen-bond acceptors (Lipinski definition) is 2. The van der Waals surface area contributed by atoms with E-state index < -0.39 is 11.9 Å². The third-order valence-corrected chi connectivity index (χ3v) is 3.54. The van der Waals surface area contributed by atoms with E-state index in [4.69, 9.17) is 23.2 Å². The van der Waals surface area contributed by atoms with Crippen LogP contribution in [0.2, 0.25) is 10.0 Å². The number of halogens is 3. The Morgan fingerprint density at radius 3 is 2.60 bits per heavy atom. The summed E-state index contributed by atoms with van der Waals surface area (Å²) in [6.45, 7) is 0. The summed E-state index contributed by atoms with van der Waals surface area (Å²) in [6, 6.07) is 8.51. The predicted octanol–water partition coefficient (Wildman–Crippen LogP) is 4.24. The van der Waals surface area contributed by atoms with Crippen molar-refractivity contribution in [2.24, 2.45) is 0 Å². The Hall–Kier alpha value is -1.78. The first-order valence-corrected chi connectivity index (χ1v) is 6.62. The molecule has 0 aromatic heterocycles. The number of carbonyl (C=O) groups is 1. The van der Waals surface area contributed by atoms with E-state index in [0.717, 1.165) is 0 Å². The lowest BCUT2D eigenvalue weighted by Crippen LogP contribution is -2.20. The minimum Gasteiger partial charge on any atom is -0.368 e. The molecule has 0 saturated heterocycles. The summed E-state index contributed by atoms with van der Waals surface area (Å²) in [5.74, 6) is -0.737. The summed E-state index contributed by atoms with van der Waals surface area (Å²) in [5, 5.41) is 6.47. The van der Waals surface area contributed by atoms with Gasteiger partial charge in [-0.2, -0.15) is 0 Å². The smallest absolute Gasteiger partial charge is 0.251 e. The van der Waals surface area contributed by atoms with Crippen molar-refractivity contribution in [2.75, 3.05) is 10.6 Å². The van der Waals surface area contributed by atoms with Crippen molar-refractivity contribution < 1.29 is 9.18 Å². The maximum absolute atomic E-state index is 13.7. The molecular weight excluding hydrogens is 302 g/mol. The minimum absolute atomic E-state index is 0.172. The zero-order valence-corrected chi connectivity index (χ0v) is 11.6. The van der Waals surface area contributed by atoms with E-state index in [1.807, 2.05) is 0 Å². The van der Waals surface area contributed by atoms with Crippen molar-refractivity contribution in [2.45, 2.75) is 6.04 Å². The Bertz CT molecular complexity index is 706. The molecule has 3 nitrogen and oxygen atoms in total. The number of hydrogen-bond donors (Lipinski definition) is 2. The van der Waals surface area contributed by atoms with Gasteiger partial charge in [-0.05, 0) is 36.4 Å². The zero-order valence-electron chi connectivity index (χ0n) is 10.1. The van der Waals surface area contributed by atoms with Crippen LogP contribution in [0.15, 0.2) is 36.4 Å². The largest absolute Gasteiger partial charge is 0.368 e. The molecule has 0 bridgehead atoms. The SMILES string of the molecule is O=C1Nc2ccc(Cl)cc2C1Nc1cc(Cl)ccc1F. The second-order valence-corrected chi connectivity index (χ2v) is 5.30. The second-order valence-electron chi connectivity index (χ2n) is 4.42. The standard InChI is InChI=1S/C14H9Cl2FN2O/c15-7-2-4-11-9(5-7)13(14(20)19-11)18-12-6-8(16)1-3-10(12)17/h1-6,13,18H,(H,19,20). The van der Waals surface area contributed by atoms with E-state index in [2.05, 4.69) is 10.6 Å². The monoisotopic (exact) mass is 310 g/mol. The number of amides is 1. The average molecular weight is 311 g/mol. The van der Waals surface area contributed by atoms with Crippen LogP contribution in [0.1, 0.15) is 11.6 Å². The predicted molar refractivity (Wildman–Crippen MR) is 77.9 cm³/mol. The molecule has 6 heteroatoms. The molecule has 1 unspecified atom stereocenters. The van der Waals surface area contributed by atoms with Gasteiger partial charge in [0.25, 0.3) is 5.91 Å². The summed E-state index contributed by atoms with van der Waals surface area (Å²) in [6.07, 6.45) is 0. The molecule has 0 fully saturated rings. The third kappa shape index (κ3) is 2.32. The van der Waals surface area contributed by atoms with Gasteiger partial charge < -0.3 is 10.6 Å². The van der Waals surface area contributed by atoms with E-state index in [0.29, 0.717) is 21.3 Å². The molecule has 2 N–H and O–H groups in total. The lowest BCUT2D eigenvalue weighted by Gasteiger charge is -2.14. The zero-order chi connectivity index (χ0) is 14.3. The van der Waals surface area contributed by atoms with Crippen LogP contribution in [0, 0.1) is 5.82 Å². The van der Waals surface area contributed by atoms with Gasteiger partial charge in [0.15, 0.2) is 0 Å². The van der Waals surface area contributed by atoms with Crippen LogP contribution < -0.4 is 10.6 Å². The molecular formula is C14H9Cl2FN2O. The van der Waals surface area contributed by atoms with Crippen molar-refractivity contribution in [3.05, 3.63) is 57.8 Å². The highest BCUT2D eigenvalue weighted by molar-refractivity contribution is 6.31. The van der Waals surface area contributed by atoms with Crippen molar-refractivity contribution in [1.29, 1.82) is 0 Å². The summed E-state index contributed by atoms with van der Waals surface area (Å²) < 4.78 is 13.7. The van der Waals surface area contributed by atoms with Crippen LogP contribution in [-0.2, 0) is 4.79 Å². The Balaban J connectivity index is 1.97. The first-order chi connectivity index (χ1) is 9.54. The molecule has 1 amide bonds. The van der Waals surface area contributed by atoms with E-state index in [1.165, 1.54) is 18.2 Å². The third-order valence-electron chi connectivity index (χ3n) is 3.07. The first-order valence-electron chi connectivity index (χ1n) is 5.86. The number of anilines is 2. The molecule has 3 rings (SSSR count). The van der Waals surface area contributed by atoms with Gasteiger partial charge in [-0.25, -0.2) is 4.39 Å². The molecule has 0 radical (unpaired) electrons. The van der Waals surface area contributed by atoms with Crippen LogP contribution in [0.4, 0.5) is 15.8 Å². The molecule has 0 aliphatic carbocycles. The Morgan fingerprint density at radius 2 is 1.80 bits per heavy atom. The van der Waals surface area contributed by atoms with Gasteiger partial charge in [0.05, 0.1) is 5.69 Å². The number of nitrogens with one attached hydrogen (secondary N) is 2. The van der Waals surface area contributed by atoms with Crippen molar-refractivity contribution in [1.82, 2.24) is 0 Å². The van der Waals surface area contributed by atoms with Gasteiger partial charge in [-0.1, -0.05) is 23.2 Å². The molecule has 0 spiro atoms. The molecule has 1 aliphatic rings. The molecule has 2 aromatic rings. The molecule has 1 atom stereocenters. The van der Waals surface area contributed by atoms with Gasteiger partial charge in [-0.3, -0.25) is 4.79 Å². The van der Waals surface area contributed by atoms with E-state index in [9.17, 15) is 9.18 Å². The molecule has 1 heterocycles. The molecule has 2 aromatic carbocycles. The van der Waals surface area contributed by atoms with Crippen molar-refractivity contribution in [3.63, 3.8) is 0 Å². The lowest BCUT2D eigenvalue weighted by atomic mass is 10.1. The Kier molecular flexibility index (Phi) is 3.28. The van der Waals surface area contributed by atoms with Gasteiger partial charge in [0, 0.05) is 21.3 Å². The highest BCUT2D eigenvalue weighted by Crippen LogP contribution is 2.35. The number of carbonyl (C=O) groups excluding carboxylic acids is 1. The highest BCUT2D eigenvalue weighted by Gasteiger charge is 2.31. The molecule has 20 heavy (non-hydrogen) atoms. The van der Waals surface area contributed by atoms with Crippen LogP contribution in [0.5, 0.6) is 0 Å². The van der Waals surface area contributed by atoms with Gasteiger partial charge >= 0.3 is 0 Å². The topological polar surface area (TPSA) is 41.1 Å². The van der Waals surface area contributed by atoms with Crippen LogP contribution in [0.25, 0.3) is 0 Å². The van der Waals surface area contributed by atoms with Crippen molar-refractivity contribution >= 4 is 40.5 Å². The maximum Gasteiger partial charge on any atom is 0.251 e. The number of fused-ring (bicyclic) bond motifs is 1. The fourth-order valence-corrected chi connectivity index (χ4v) is 2.49. The van der Waals surface area contributed by atoms with Crippen LogP contribution in [0.3, 0.4) is 0 Å².